The largest absolute Gasteiger partial charge is 0.315 e. The van der Waals surface area contributed by atoms with Gasteiger partial charge >= 0.3 is 0 Å². The highest BCUT2D eigenvalue weighted by Crippen LogP contribution is 2.13. The smallest absolute Gasteiger partial charge is 0.258 e. The number of fused-ring (bicyclic) bond motifs is 1. The van der Waals surface area contributed by atoms with E-state index in [1.54, 1.807) is 4.57 Å². The second-order valence-electron chi connectivity index (χ2n) is 3.44. The maximum atomic E-state index is 11.9. The molecule has 2 rings (SSSR count). The number of nitrogens with zero attached hydrogens (tertiary/aromatic N) is 1. The van der Waals surface area contributed by atoms with Crippen LogP contribution in [-0.4, -0.2) is 4.57 Å². The Labute approximate surface area is 82.8 Å². The standard InChI is InChI=1S/C12H13NO/c1-3-13-8-7-10-9(2)5-4-6-11(10)12(13)14/h4-8H,3H2,1-2H3. The van der Waals surface area contributed by atoms with E-state index in [9.17, 15) is 4.79 Å². The summed E-state index contributed by atoms with van der Waals surface area (Å²) in [6.45, 7) is 4.73. The highest BCUT2D eigenvalue weighted by atomic mass is 16.1. The van der Waals surface area contributed by atoms with Crippen molar-refractivity contribution in [2.24, 2.45) is 0 Å². The van der Waals surface area contributed by atoms with E-state index in [1.807, 2.05) is 44.3 Å². The van der Waals surface area contributed by atoms with Crippen molar-refractivity contribution in [2.75, 3.05) is 0 Å². The van der Waals surface area contributed by atoms with Crippen LogP contribution in [0.5, 0.6) is 0 Å². The van der Waals surface area contributed by atoms with Gasteiger partial charge in [-0.3, -0.25) is 4.79 Å². The molecule has 0 amide bonds. The molecule has 0 N–H and O–H groups in total. The Bertz CT molecular complexity index is 525. The molecule has 0 spiro atoms. The molecule has 2 aromatic rings. The van der Waals surface area contributed by atoms with Gasteiger partial charge in [-0.1, -0.05) is 12.1 Å². The number of hydrogen-bond acceptors (Lipinski definition) is 1. The second-order valence-corrected chi connectivity index (χ2v) is 3.44. The summed E-state index contributed by atoms with van der Waals surface area (Å²) in [6, 6.07) is 7.85. The highest BCUT2D eigenvalue weighted by molar-refractivity contribution is 5.84. The van der Waals surface area contributed by atoms with Crippen molar-refractivity contribution in [2.45, 2.75) is 20.4 Å². The third kappa shape index (κ3) is 1.23. The van der Waals surface area contributed by atoms with Crippen molar-refractivity contribution in [3.63, 3.8) is 0 Å². The van der Waals surface area contributed by atoms with E-state index >= 15 is 0 Å². The van der Waals surface area contributed by atoms with Crippen LogP contribution in [0.2, 0.25) is 0 Å². The van der Waals surface area contributed by atoms with E-state index in [1.165, 1.54) is 0 Å². The first kappa shape index (κ1) is 9.00. The quantitative estimate of drug-likeness (QED) is 0.671. The SMILES string of the molecule is CCn1ccc2c(C)cccc2c1=O. The third-order valence-electron chi connectivity index (χ3n) is 2.58. The fraction of sp³-hybridized carbons (Fsp3) is 0.250. The molecule has 0 aliphatic rings. The van der Waals surface area contributed by atoms with E-state index in [0.29, 0.717) is 0 Å². The van der Waals surface area contributed by atoms with E-state index in [2.05, 4.69) is 0 Å². The van der Waals surface area contributed by atoms with Gasteiger partial charge in [0, 0.05) is 18.1 Å². The summed E-state index contributed by atoms with van der Waals surface area (Å²) in [6.07, 6.45) is 1.86. The molecule has 0 fully saturated rings. The molecule has 2 heteroatoms. The predicted molar refractivity (Wildman–Crippen MR) is 58.6 cm³/mol. The molecule has 0 aliphatic heterocycles. The minimum Gasteiger partial charge on any atom is -0.315 e. The molecular formula is C12H13NO. The van der Waals surface area contributed by atoms with Gasteiger partial charge < -0.3 is 4.57 Å². The Morgan fingerprint density at radius 3 is 2.71 bits per heavy atom. The van der Waals surface area contributed by atoms with Crippen LogP contribution in [0, 0.1) is 6.92 Å². The van der Waals surface area contributed by atoms with Crippen molar-refractivity contribution in [1.29, 1.82) is 0 Å². The zero-order valence-corrected chi connectivity index (χ0v) is 8.45. The summed E-state index contributed by atoms with van der Waals surface area (Å²) in [7, 11) is 0. The van der Waals surface area contributed by atoms with Gasteiger partial charge in [-0.25, -0.2) is 0 Å². The van der Waals surface area contributed by atoms with Crippen molar-refractivity contribution in [3.05, 3.63) is 46.4 Å². The molecular weight excluding hydrogens is 174 g/mol. The molecule has 72 valence electrons. The molecule has 1 aromatic carbocycles. The van der Waals surface area contributed by atoms with Gasteiger partial charge in [0.2, 0.25) is 0 Å². The van der Waals surface area contributed by atoms with Crippen molar-refractivity contribution < 1.29 is 0 Å². The summed E-state index contributed by atoms with van der Waals surface area (Å²) < 4.78 is 1.72. The summed E-state index contributed by atoms with van der Waals surface area (Å²) >= 11 is 0. The van der Waals surface area contributed by atoms with Crippen molar-refractivity contribution in [3.8, 4) is 0 Å². The maximum absolute atomic E-state index is 11.9. The Kier molecular flexibility index (Phi) is 2.12. The van der Waals surface area contributed by atoms with Crippen LogP contribution in [-0.2, 0) is 6.54 Å². The second kappa shape index (κ2) is 3.29. The number of aromatic nitrogens is 1. The zero-order valence-electron chi connectivity index (χ0n) is 8.45. The van der Waals surface area contributed by atoms with E-state index in [0.717, 1.165) is 22.9 Å². The lowest BCUT2D eigenvalue weighted by Crippen LogP contribution is -2.18. The lowest BCUT2D eigenvalue weighted by Gasteiger charge is -2.05. The molecule has 1 aromatic heterocycles. The lowest BCUT2D eigenvalue weighted by molar-refractivity contribution is 0.735. The van der Waals surface area contributed by atoms with E-state index < -0.39 is 0 Å². The Morgan fingerprint density at radius 2 is 2.00 bits per heavy atom. The zero-order chi connectivity index (χ0) is 10.1. The van der Waals surface area contributed by atoms with E-state index in [-0.39, 0.29) is 5.56 Å². The molecule has 14 heavy (non-hydrogen) atoms. The summed E-state index contributed by atoms with van der Waals surface area (Å²) in [5, 5.41) is 1.87. The number of hydrogen-bond donors (Lipinski definition) is 0. The fourth-order valence-corrected chi connectivity index (χ4v) is 1.72. The molecule has 2 nitrogen and oxygen atoms in total. The minimum absolute atomic E-state index is 0.105. The molecule has 0 aliphatic carbocycles. The number of aryl methyl sites for hydroxylation is 2. The Balaban J connectivity index is 2.91. The van der Waals surface area contributed by atoms with Gasteiger partial charge in [-0.2, -0.15) is 0 Å². The predicted octanol–water partition coefficient (Wildman–Crippen LogP) is 2.33. The first-order chi connectivity index (χ1) is 6.74. The van der Waals surface area contributed by atoms with Crippen LogP contribution in [0.1, 0.15) is 12.5 Å². The number of pyridine rings is 1. The van der Waals surface area contributed by atoms with Crippen LogP contribution in [0.25, 0.3) is 10.8 Å². The lowest BCUT2D eigenvalue weighted by atomic mass is 10.1. The molecule has 0 unspecified atom stereocenters. The topological polar surface area (TPSA) is 22.0 Å². The summed E-state index contributed by atoms with van der Waals surface area (Å²) in [5.41, 5.74) is 1.26. The number of benzene rings is 1. The fourth-order valence-electron chi connectivity index (χ4n) is 1.72. The third-order valence-corrected chi connectivity index (χ3v) is 2.58. The monoisotopic (exact) mass is 187 g/mol. The van der Waals surface area contributed by atoms with E-state index in [4.69, 9.17) is 0 Å². The maximum Gasteiger partial charge on any atom is 0.258 e. The highest BCUT2D eigenvalue weighted by Gasteiger charge is 2.02. The van der Waals surface area contributed by atoms with Gasteiger partial charge in [0.25, 0.3) is 5.56 Å². The van der Waals surface area contributed by atoms with Crippen molar-refractivity contribution in [1.82, 2.24) is 4.57 Å². The molecule has 0 bridgehead atoms. The van der Waals surface area contributed by atoms with Crippen LogP contribution in [0.15, 0.2) is 35.3 Å². The average Bonchev–Trinajstić information content (AvgIpc) is 2.20. The van der Waals surface area contributed by atoms with Gasteiger partial charge in [0.15, 0.2) is 0 Å². The average molecular weight is 187 g/mol. The molecule has 0 radical (unpaired) electrons. The van der Waals surface area contributed by atoms with Crippen LogP contribution < -0.4 is 5.56 Å². The minimum atomic E-state index is 0.105. The number of rotatable bonds is 1. The van der Waals surface area contributed by atoms with Gasteiger partial charge in [0.05, 0.1) is 0 Å². The first-order valence-corrected chi connectivity index (χ1v) is 4.83. The van der Waals surface area contributed by atoms with Crippen LogP contribution >= 0.6 is 0 Å². The normalized spacial score (nSPS) is 10.7. The van der Waals surface area contributed by atoms with Crippen molar-refractivity contribution >= 4 is 10.8 Å². The molecule has 0 atom stereocenters. The molecule has 1 heterocycles. The molecule has 0 saturated heterocycles. The van der Waals surface area contributed by atoms with Crippen LogP contribution in [0.3, 0.4) is 0 Å². The van der Waals surface area contributed by atoms with Gasteiger partial charge in [-0.15, -0.1) is 0 Å². The molecule has 0 saturated carbocycles. The Morgan fingerprint density at radius 1 is 1.21 bits per heavy atom. The Hall–Kier alpha value is -1.57. The van der Waals surface area contributed by atoms with Crippen LogP contribution in [0.4, 0.5) is 0 Å². The first-order valence-electron chi connectivity index (χ1n) is 4.83. The van der Waals surface area contributed by atoms with Gasteiger partial charge in [-0.05, 0) is 36.9 Å². The summed E-state index contributed by atoms with van der Waals surface area (Å²) in [5.74, 6) is 0. The summed E-state index contributed by atoms with van der Waals surface area (Å²) in [4.78, 5) is 11.9. The van der Waals surface area contributed by atoms with Gasteiger partial charge in [0.1, 0.15) is 0 Å².